The molecule has 7 heteroatoms. The summed E-state index contributed by atoms with van der Waals surface area (Å²) in [6, 6.07) is 7.01. The van der Waals surface area contributed by atoms with Crippen LogP contribution in [0.2, 0.25) is 0 Å². The number of benzene rings is 1. The zero-order chi connectivity index (χ0) is 16.9. The van der Waals surface area contributed by atoms with E-state index in [0.29, 0.717) is 6.42 Å². The van der Waals surface area contributed by atoms with Gasteiger partial charge >= 0.3 is 6.03 Å². The first kappa shape index (κ1) is 15.4. The second-order valence-electron chi connectivity index (χ2n) is 6.42. The van der Waals surface area contributed by atoms with Crippen LogP contribution in [0, 0.1) is 0 Å². The summed E-state index contributed by atoms with van der Waals surface area (Å²) in [5.41, 5.74) is -0.261. The van der Waals surface area contributed by atoms with Gasteiger partial charge in [-0.25, -0.2) is 9.78 Å². The summed E-state index contributed by atoms with van der Waals surface area (Å²) in [5.74, 6) is 0.721. The first-order chi connectivity index (χ1) is 11.5. The van der Waals surface area contributed by atoms with Crippen LogP contribution in [0.5, 0.6) is 0 Å². The topological polar surface area (TPSA) is 67.2 Å². The van der Waals surface area contributed by atoms with Crippen molar-refractivity contribution >= 4 is 27.9 Å². The lowest BCUT2D eigenvalue weighted by Crippen LogP contribution is -2.46. The Hall–Kier alpha value is -2.15. The fourth-order valence-electron chi connectivity index (χ4n) is 3.54. The molecule has 2 aliphatic heterocycles. The van der Waals surface area contributed by atoms with Gasteiger partial charge in [0.15, 0.2) is 0 Å². The minimum atomic E-state index is -1.03. The predicted octanol–water partition coefficient (Wildman–Crippen LogP) is 2.43. The summed E-state index contributed by atoms with van der Waals surface area (Å²) >= 11 is 3.43. The number of carbonyl (C=O) groups excluding carboxylic acids is 2. The number of hydrogen-bond donors (Lipinski definition) is 1. The summed E-state index contributed by atoms with van der Waals surface area (Å²) < 4.78 is 2.95. The summed E-state index contributed by atoms with van der Waals surface area (Å²) in [5, 5.41) is 2.88. The zero-order valence-corrected chi connectivity index (χ0v) is 14.8. The van der Waals surface area contributed by atoms with Gasteiger partial charge in [-0.15, -0.1) is 0 Å². The number of fused-ring (bicyclic) bond motifs is 1. The quantitative estimate of drug-likeness (QED) is 0.803. The standard InChI is InChI=1S/C17H17BrN4O2/c1-17(11-3-2-4-12(18)9-11)15(23)22(16(24)20-17)13-5-7-21-8-6-19-14(21)10-13/h2-4,6,8-9,13H,5,7,10H2,1H3,(H,20,24). The summed E-state index contributed by atoms with van der Waals surface area (Å²) in [4.78, 5) is 31.4. The van der Waals surface area contributed by atoms with E-state index in [2.05, 4.69) is 30.8 Å². The Kier molecular flexibility index (Phi) is 3.49. The third kappa shape index (κ3) is 2.26. The Balaban J connectivity index is 1.65. The van der Waals surface area contributed by atoms with E-state index in [1.807, 2.05) is 30.5 Å². The van der Waals surface area contributed by atoms with Crippen LogP contribution in [0.4, 0.5) is 4.79 Å². The fourth-order valence-corrected chi connectivity index (χ4v) is 3.94. The number of hydrogen-bond acceptors (Lipinski definition) is 3. The molecule has 1 saturated heterocycles. The molecule has 2 atom stereocenters. The number of carbonyl (C=O) groups is 2. The Bertz CT molecular complexity index is 834. The number of nitrogens with one attached hydrogen (secondary N) is 1. The monoisotopic (exact) mass is 388 g/mol. The van der Waals surface area contributed by atoms with E-state index in [1.54, 1.807) is 13.1 Å². The maximum Gasteiger partial charge on any atom is 0.325 e. The molecule has 124 valence electrons. The van der Waals surface area contributed by atoms with Crippen LogP contribution < -0.4 is 5.32 Å². The van der Waals surface area contributed by atoms with Gasteiger partial charge < -0.3 is 9.88 Å². The van der Waals surface area contributed by atoms with E-state index < -0.39 is 5.54 Å². The first-order valence-corrected chi connectivity index (χ1v) is 8.70. The van der Waals surface area contributed by atoms with Gasteiger partial charge in [0.05, 0.1) is 6.04 Å². The molecule has 3 heterocycles. The number of amides is 3. The highest BCUT2D eigenvalue weighted by Crippen LogP contribution is 2.33. The molecule has 0 spiro atoms. The molecule has 0 saturated carbocycles. The molecule has 0 radical (unpaired) electrons. The van der Waals surface area contributed by atoms with E-state index in [-0.39, 0.29) is 18.0 Å². The fraction of sp³-hybridized carbons (Fsp3) is 0.353. The number of aryl methyl sites for hydroxylation is 1. The van der Waals surface area contributed by atoms with Crippen LogP contribution in [0.3, 0.4) is 0 Å². The molecule has 2 unspecified atom stereocenters. The first-order valence-electron chi connectivity index (χ1n) is 7.91. The highest BCUT2D eigenvalue weighted by Gasteiger charge is 2.51. The normalized spacial score (nSPS) is 26.4. The molecule has 3 amide bonds. The summed E-state index contributed by atoms with van der Waals surface area (Å²) in [6.45, 7) is 2.53. The van der Waals surface area contributed by atoms with Gasteiger partial charge in [0.25, 0.3) is 5.91 Å². The molecule has 1 aromatic carbocycles. The third-order valence-electron chi connectivity index (χ3n) is 4.91. The summed E-state index contributed by atoms with van der Waals surface area (Å²) in [7, 11) is 0. The molecule has 0 aliphatic carbocycles. The van der Waals surface area contributed by atoms with Crippen molar-refractivity contribution in [3.8, 4) is 0 Å². The largest absolute Gasteiger partial charge is 0.335 e. The van der Waals surface area contributed by atoms with Crippen LogP contribution >= 0.6 is 15.9 Å². The van der Waals surface area contributed by atoms with Crippen molar-refractivity contribution < 1.29 is 9.59 Å². The molecule has 4 rings (SSSR count). The van der Waals surface area contributed by atoms with Crippen LogP contribution in [0.15, 0.2) is 41.1 Å². The lowest BCUT2D eigenvalue weighted by atomic mass is 9.91. The highest BCUT2D eigenvalue weighted by molar-refractivity contribution is 9.10. The second-order valence-corrected chi connectivity index (χ2v) is 7.34. The van der Waals surface area contributed by atoms with E-state index in [1.165, 1.54) is 4.90 Å². The smallest absolute Gasteiger partial charge is 0.325 e. The van der Waals surface area contributed by atoms with Gasteiger partial charge in [0.2, 0.25) is 0 Å². The van der Waals surface area contributed by atoms with Gasteiger partial charge in [-0.05, 0) is 31.0 Å². The zero-order valence-electron chi connectivity index (χ0n) is 13.2. The van der Waals surface area contributed by atoms with Crippen LogP contribution in [-0.2, 0) is 23.3 Å². The molecular formula is C17H17BrN4O2. The minimum absolute atomic E-state index is 0.152. The lowest BCUT2D eigenvalue weighted by Gasteiger charge is -2.30. The Morgan fingerprint density at radius 3 is 3.00 bits per heavy atom. The number of halogens is 1. The number of imidazole rings is 1. The number of urea groups is 1. The van der Waals surface area contributed by atoms with E-state index in [0.717, 1.165) is 28.8 Å². The molecule has 6 nitrogen and oxygen atoms in total. The third-order valence-corrected chi connectivity index (χ3v) is 5.41. The predicted molar refractivity (Wildman–Crippen MR) is 91.2 cm³/mol. The van der Waals surface area contributed by atoms with Crippen molar-refractivity contribution in [1.82, 2.24) is 19.8 Å². The minimum Gasteiger partial charge on any atom is -0.335 e. The van der Waals surface area contributed by atoms with Crippen molar-refractivity contribution in [1.29, 1.82) is 0 Å². The molecule has 1 aromatic heterocycles. The molecule has 1 fully saturated rings. The van der Waals surface area contributed by atoms with Gasteiger partial charge in [-0.1, -0.05) is 28.1 Å². The second kappa shape index (κ2) is 5.44. The molecule has 2 aromatic rings. The SMILES string of the molecule is CC1(c2cccc(Br)c2)NC(=O)N(C2CCn3ccnc3C2)C1=O. The summed E-state index contributed by atoms with van der Waals surface area (Å²) in [6.07, 6.45) is 5.04. The molecule has 1 N–H and O–H groups in total. The molecule has 0 bridgehead atoms. The number of imide groups is 1. The molecule has 24 heavy (non-hydrogen) atoms. The van der Waals surface area contributed by atoms with Gasteiger partial charge in [0.1, 0.15) is 11.4 Å². The average molecular weight is 389 g/mol. The van der Waals surface area contributed by atoms with Crippen molar-refractivity contribution in [2.45, 2.75) is 37.9 Å². The van der Waals surface area contributed by atoms with Crippen LogP contribution in [-0.4, -0.2) is 32.4 Å². The van der Waals surface area contributed by atoms with Gasteiger partial charge in [0, 0.05) is 29.8 Å². The van der Waals surface area contributed by atoms with Crippen molar-refractivity contribution in [3.05, 3.63) is 52.5 Å². The number of nitrogens with zero attached hydrogens (tertiary/aromatic N) is 3. The average Bonchev–Trinajstić information content (AvgIpc) is 3.10. The van der Waals surface area contributed by atoms with Crippen LogP contribution in [0.25, 0.3) is 0 Å². The van der Waals surface area contributed by atoms with Crippen molar-refractivity contribution in [2.24, 2.45) is 0 Å². The number of aromatic nitrogens is 2. The molecule has 2 aliphatic rings. The maximum absolute atomic E-state index is 13.1. The maximum atomic E-state index is 13.1. The molecular weight excluding hydrogens is 372 g/mol. The van der Waals surface area contributed by atoms with Gasteiger partial charge in [-0.2, -0.15) is 0 Å². The number of rotatable bonds is 2. The van der Waals surface area contributed by atoms with Crippen molar-refractivity contribution in [2.75, 3.05) is 0 Å². The van der Waals surface area contributed by atoms with Crippen molar-refractivity contribution in [3.63, 3.8) is 0 Å². The van der Waals surface area contributed by atoms with E-state index in [9.17, 15) is 9.59 Å². The lowest BCUT2D eigenvalue weighted by molar-refractivity contribution is -0.132. The van der Waals surface area contributed by atoms with Crippen LogP contribution in [0.1, 0.15) is 24.7 Å². The van der Waals surface area contributed by atoms with E-state index in [4.69, 9.17) is 0 Å². The Morgan fingerprint density at radius 2 is 2.21 bits per heavy atom. The highest BCUT2D eigenvalue weighted by atomic mass is 79.9. The van der Waals surface area contributed by atoms with Gasteiger partial charge in [-0.3, -0.25) is 9.69 Å². The Labute approximate surface area is 148 Å². The Morgan fingerprint density at radius 1 is 1.38 bits per heavy atom. The van der Waals surface area contributed by atoms with E-state index >= 15 is 0 Å².